The van der Waals surface area contributed by atoms with Crippen molar-refractivity contribution in [1.29, 1.82) is 0 Å². The molecule has 2 heterocycles. The third-order valence-corrected chi connectivity index (χ3v) is 2.64. The van der Waals surface area contributed by atoms with Crippen molar-refractivity contribution in [2.45, 2.75) is 13.3 Å². The maximum atomic E-state index is 12.1. The number of carbonyl (C=O) groups excluding carboxylic acids is 1. The molecule has 2 rings (SSSR count). The number of carbonyl (C=O) groups is 1. The van der Waals surface area contributed by atoms with E-state index in [0.717, 1.165) is 38.2 Å². The van der Waals surface area contributed by atoms with Gasteiger partial charge in [-0.2, -0.15) is 5.10 Å². The van der Waals surface area contributed by atoms with E-state index in [4.69, 9.17) is 0 Å². The van der Waals surface area contributed by atoms with Crippen LogP contribution in [0.15, 0.2) is 12.3 Å². The lowest BCUT2D eigenvalue weighted by molar-refractivity contribution is 0.0759. The zero-order valence-corrected chi connectivity index (χ0v) is 9.44. The smallest absolute Gasteiger partial charge is 0.274 e. The Bertz CT molecular complexity index is 372. The van der Waals surface area contributed by atoms with Gasteiger partial charge in [0.1, 0.15) is 0 Å². The summed E-state index contributed by atoms with van der Waals surface area (Å²) in [4.78, 5) is 13.9. The van der Waals surface area contributed by atoms with Crippen LogP contribution in [0.4, 0.5) is 0 Å². The molecule has 0 atom stereocenters. The van der Waals surface area contributed by atoms with E-state index in [1.54, 1.807) is 12.3 Å². The predicted octanol–water partition coefficient (Wildman–Crippen LogP) is 0.221. The molecule has 0 saturated carbocycles. The Morgan fingerprint density at radius 1 is 1.44 bits per heavy atom. The topological polar surface area (TPSA) is 58.1 Å². The highest BCUT2D eigenvalue weighted by molar-refractivity contribution is 5.92. The third-order valence-electron chi connectivity index (χ3n) is 2.64. The molecule has 1 aliphatic rings. The molecule has 0 unspecified atom stereocenters. The van der Waals surface area contributed by atoms with E-state index >= 15 is 0 Å². The second-order valence-electron chi connectivity index (χ2n) is 4.01. The summed E-state index contributed by atoms with van der Waals surface area (Å²) in [5.41, 5.74) is 1.41. The fraction of sp³-hybridized carbons (Fsp3) is 0.545. The van der Waals surface area contributed by atoms with Crippen molar-refractivity contribution in [3.63, 3.8) is 0 Å². The van der Waals surface area contributed by atoms with Gasteiger partial charge in [-0.25, -0.2) is 0 Å². The first-order valence-electron chi connectivity index (χ1n) is 5.57. The number of nitrogens with one attached hydrogen (secondary N) is 1. The summed E-state index contributed by atoms with van der Waals surface area (Å²) in [6, 6.07) is 1.79. The molecule has 0 aliphatic carbocycles. The first-order chi connectivity index (χ1) is 7.77. The van der Waals surface area contributed by atoms with Gasteiger partial charge in [-0.05, 0) is 31.5 Å². The lowest BCUT2D eigenvalue weighted by Gasteiger charge is -2.19. The van der Waals surface area contributed by atoms with Crippen LogP contribution < -0.4 is 5.32 Å². The van der Waals surface area contributed by atoms with Crippen LogP contribution >= 0.6 is 0 Å². The van der Waals surface area contributed by atoms with Crippen molar-refractivity contribution >= 4 is 5.91 Å². The number of aromatic nitrogens is 2. The van der Waals surface area contributed by atoms with Crippen molar-refractivity contribution < 1.29 is 4.79 Å². The summed E-state index contributed by atoms with van der Waals surface area (Å²) >= 11 is 0. The largest absolute Gasteiger partial charge is 0.336 e. The second kappa shape index (κ2) is 5.03. The number of rotatable bonds is 1. The molecule has 0 bridgehead atoms. The number of amides is 1. The van der Waals surface area contributed by atoms with E-state index in [2.05, 4.69) is 15.5 Å². The number of hydrogen-bond acceptors (Lipinski definition) is 4. The zero-order chi connectivity index (χ0) is 11.4. The number of aryl methyl sites for hydroxylation is 1. The lowest BCUT2D eigenvalue weighted by Crippen LogP contribution is -2.34. The average Bonchev–Trinajstić information content (AvgIpc) is 2.56. The van der Waals surface area contributed by atoms with Crippen LogP contribution in [0.25, 0.3) is 0 Å². The summed E-state index contributed by atoms with van der Waals surface area (Å²) in [6.07, 6.45) is 2.64. The molecule has 1 N–H and O–H groups in total. The molecule has 1 amide bonds. The molecule has 1 saturated heterocycles. The molecule has 1 fully saturated rings. The van der Waals surface area contributed by atoms with Crippen LogP contribution in [0.2, 0.25) is 0 Å². The minimum Gasteiger partial charge on any atom is -0.336 e. The molecule has 16 heavy (non-hydrogen) atoms. The average molecular weight is 220 g/mol. The molecule has 1 aromatic rings. The van der Waals surface area contributed by atoms with Crippen molar-refractivity contribution in [3.05, 3.63) is 23.5 Å². The Labute approximate surface area is 94.9 Å². The van der Waals surface area contributed by atoms with Crippen molar-refractivity contribution in [1.82, 2.24) is 20.4 Å². The highest BCUT2D eigenvalue weighted by atomic mass is 16.2. The van der Waals surface area contributed by atoms with Crippen LogP contribution in [-0.2, 0) is 0 Å². The summed E-state index contributed by atoms with van der Waals surface area (Å²) in [5.74, 6) is -0.0140. The highest BCUT2D eigenvalue weighted by Crippen LogP contribution is 2.05. The Hall–Kier alpha value is -1.49. The standard InChI is InChI=1S/C11H16N4O/c1-9-7-10(14-13-8-9)11(16)15-5-2-3-12-4-6-15/h7-8,12H,2-6H2,1H3. The van der Waals surface area contributed by atoms with Gasteiger partial charge in [-0.1, -0.05) is 0 Å². The molecule has 1 aliphatic heterocycles. The summed E-state index contributed by atoms with van der Waals surface area (Å²) in [6.45, 7) is 5.28. The Morgan fingerprint density at radius 3 is 3.12 bits per heavy atom. The molecule has 0 aromatic carbocycles. The predicted molar refractivity (Wildman–Crippen MR) is 60.2 cm³/mol. The molecular formula is C11H16N4O. The van der Waals surface area contributed by atoms with E-state index in [9.17, 15) is 4.79 Å². The van der Waals surface area contributed by atoms with Crippen LogP contribution in [-0.4, -0.2) is 47.2 Å². The first kappa shape index (κ1) is 11.0. The molecule has 86 valence electrons. The van der Waals surface area contributed by atoms with E-state index < -0.39 is 0 Å². The summed E-state index contributed by atoms with van der Waals surface area (Å²) < 4.78 is 0. The van der Waals surface area contributed by atoms with E-state index in [1.807, 2.05) is 11.8 Å². The van der Waals surface area contributed by atoms with Gasteiger partial charge in [0.25, 0.3) is 5.91 Å². The normalized spacial score (nSPS) is 16.9. The first-order valence-corrected chi connectivity index (χ1v) is 5.57. The van der Waals surface area contributed by atoms with Crippen molar-refractivity contribution in [2.75, 3.05) is 26.2 Å². The van der Waals surface area contributed by atoms with Crippen LogP contribution in [0.3, 0.4) is 0 Å². The van der Waals surface area contributed by atoms with Gasteiger partial charge in [-0.15, -0.1) is 5.10 Å². The third kappa shape index (κ3) is 2.55. The molecule has 5 heteroatoms. The van der Waals surface area contributed by atoms with Gasteiger partial charge in [0.15, 0.2) is 5.69 Å². The minimum atomic E-state index is -0.0140. The monoisotopic (exact) mass is 220 g/mol. The van der Waals surface area contributed by atoms with Gasteiger partial charge in [0.05, 0.1) is 6.20 Å². The quantitative estimate of drug-likeness (QED) is 0.735. The van der Waals surface area contributed by atoms with Crippen molar-refractivity contribution in [3.8, 4) is 0 Å². The molecular weight excluding hydrogens is 204 g/mol. The van der Waals surface area contributed by atoms with Crippen LogP contribution in [0, 0.1) is 6.92 Å². The zero-order valence-electron chi connectivity index (χ0n) is 9.44. The molecule has 0 radical (unpaired) electrons. The SMILES string of the molecule is Cc1cnnc(C(=O)N2CCCNCC2)c1. The Balaban J connectivity index is 2.11. The van der Waals surface area contributed by atoms with Crippen LogP contribution in [0.5, 0.6) is 0 Å². The summed E-state index contributed by atoms with van der Waals surface area (Å²) in [5, 5.41) is 11.0. The number of hydrogen-bond donors (Lipinski definition) is 1. The van der Waals surface area contributed by atoms with E-state index in [-0.39, 0.29) is 5.91 Å². The number of nitrogens with zero attached hydrogens (tertiary/aromatic N) is 3. The van der Waals surface area contributed by atoms with Gasteiger partial charge >= 0.3 is 0 Å². The highest BCUT2D eigenvalue weighted by Gasteiger charge is 2.18. The van der Waals surface area contributed by atoms with Gasteiger partial charge in [0, 0.05) is 19.6 Å². The second-order valence-corrected chi connectivity index (χ2v) is 4.01. The molecule has 5 nitrogen and oxygen atoms in total. The molecule has 0 spiro atoms. The Morgan fingerprint density at radius 2 is 2.31 bits per heavy atom. The van der Waals surface area contributed by atoms with Gasteiger partial charge in [0.2, 0.25) is 0 Å². The fourth-order valence-corrected chi connectivity index (χ4v) is 1.78. The van der Waals surface area contributed by atoms with Gasteiger partial charge < -0.3 is 10.2 Å². The van der Waals surface area contributed by atoms with E-state index in [0.29, 0.717) is 5.69 Å². The summed E-state index contributed by atoms with van der Waals surface area (Å²) in [7, 11) is 0. The van der Waals surface area contributed by atoms with E-state index in [1.165, 1.54) is 0 Å². The fourth-order valence-electron chi connectivity index (χ4n) is 1.78. The molecule has 1 aromatic heterocycles. The maximum Gasteiger partial charge on any atom is 0.274 e. The van der Waals surface area contributed by atoms with Gasteiger partial charge in [-0.3, -0.25) is 4.79 Å². The van der Waals surface area contributed by atoms with Crippen molar-refractivity contribution in [2.24, 2.45) is 0 Å². The lowest BCUT2D eigenvalue weighted by atomic mass is 10.2. The minimum absolute atomic E-state index is 0.0140. The Kier molecular flexibility index (Phi) is 3.46. The maximum absolute atomic E-state index is 12.1. The van der Waals surface area contributed by atoms with Crippen LogP contribution in [0.1, 0.15) is 22.5 Å².